The Morgan fingerprint density at radius 2 is 1.95 bits per heavy atom. The molecule has 0 spiro atoms. The van der Waals surface area contributed by atoms with Crippen molar-refractivity contribution < 1.29 is 9.53 Å². The van der Waals surface area contributed by atoms with E-state index in [1.807, 2.05) is 25.1 Å². The van der Waals surface area contributed by atoms with Gasteiger partial charge in [0, 0.05) is 12.1 Å². The number of rotatable bonds is 8. The first-order chi connectivity index (χ1) is 9.60. The van der Waals surface area contributed by atoms with Crippen LogP contribution in [0, 0.1) is 0 Å². The monoisotopic (exact) mass is 278 g/mol. The molecule has 1 unspecified atom stereocenters. The summed E-state index contributed by atoms with van der Waals surface area (Å²) >= 11 is 0. The lowest BCUT2D eigenvalue weighted by Crippen LogP contribution is -2.40. The summed E-state index contributed by atoms with van der Waals surface area (Å²) in [4.78, 5) is 14.0. The van der Waals surface area contributed by atoms with Crippen molar-refractivity contribution in [1.29, 1.82) is 0 Å². The molecule has 0 saturated heterocycles. The molecule has 0 fully saturated rings. The summed E-state index contributed by atoms with van der Waals surface area (Å²) in [6.45, 7) is 7.30. The molecular formula is C16H26N2O2. The van der Waals surface area contributed by atoms with Crippen LogP contribution in [0.5, 0.6) is 0 Å². The van der Waals surface area contributed by atoms with E-state index in [1.165, 1.54) is 5.56 Å². The molecule has 4 heteroatoms. The SMILES string of the molecule is CCOC(=O)CN(C(C)C)C(CCN)c1ccccc1. The molecule has 0 aromatic heterocycles. The average Bonchev–Trinajstić information content (AvgIpc) is 2.43. The molecule has 112 valence electrons. The number of benzene rings is 1. The van der Waals surface area contributed by atoms with Crippen molar-refractivity contribution in [3.63, 3.8) is 0 Å². The van der Waals surface area contributed by atoms with Gasteiger partial charge in [-0.15, -0.1) is 0 Å². The topological polar surface area (TPSA) is 55.6 Å². The molecule has 2 N–H and O–H groups in total. The van der Waals surface area contributed by atoms with E-state index >= 15 is 0 Å². The second kappa shape index (κ2) is 8.72. The van der Waals surface area contributed by atoms with Crippen molar-refractivity contribution in [3.8, 4) is 0 Å². The Labute approximate surface area is 121 Å². The van der Waals surface area contributed by atoms with E-state index in [-0.39, 0.29) is 18.1 Å². The van der Waals surface area contributed by atoms with E-state index in [9.17, 15) is 4.79 Å². The van der Waals surface area contributed by atoms with Crippen LogP contribution in [0.25, 0.3) is 0 Å². The molecule has 1 aromatic rings. The molecule has 1 rings (SSSR count). The molecule has 0 heterocycles. The summed E-state index contributed by atoms with van der Waals surface area (Å²) in [5.41, 5.74) is 6.94. The lowest BCUT2D eigenvalue weighted by molar-refractivity contribution is -0.145. The molecule has 0 aliphatic rings. The zero-order valence-electron chi connectivity index (χ0n) is 12.7. The molecule has 4 nitrogen and oxygen atoms in total. The van der Waals surface area contributed by atoms with Gasteiger partial charge in [-0.1, -0.05) is 30.3 Å². The largest absolute Gasteiger partial charge is 0.465 e. The highest BCUT2D eigenvalue weighted by Gasteiger charge is 2.24. The summed E-state index contributed by atoms with van der Waals surface area (Å²) in [6.07, 6.45) is 0.821. The summed E-state index contributed by atoms with van der Waals surface area (Å²) in [5, 5.41) is 0. The number of carbonyl (C=O) groups is 1. The molecule has 1 atom stereocenters. The molecule has 0 radical (unpaired) electrons. The fraction of sp³-hybridized carbons (Fsp3) is 0.562. The molecule has 0 aliphatic heterocycles. The second-order valence-electron chi connectivity index (χ2n) is 5.07. The fourth-order valence-corrected chi connectivity index (χ4v) is 2.37. The van der Waals surface area contributed by atoms with Crippen LogP contribution in [0.15, 0.2) is 30.3 Å². The van der Waals surface area contributed by atoms with Crippen molar-refractivity contribution in [2.24, 2.45) is 5.73 Å². The van der Waals surface area contributed by atoms with Gasteiger partial charge in [-0.2, -0.15) is 0 Å². The van der Waals surface area contributed by atoms with E-state index in [4.69, 9.17) is 10.5 Å². The molecular weight excluding hydrogens is 252 g/mol. The molecule has 0 bridgehead atoms. The van der Waals surface area contributed by atoms with Gasteiger partial charge in [-0.05, 0) is 39.3 Å². The molecule has 0 aliphatic carbocycles. The van der Waals surface area contributed by atoms with Crippen LogP contribution in [0.1, 0.15) is 38.8 Å². The summed E-state index contributed by atoms with van der Waals surface area (Å²) in [7, 11) is 0. The number of esters is 1. The van der Waals surface area contributed by atoms with E-state index in [0.717, 1.165) is 6.42 Å². The first-order valence-electron chi connectivity index (χ1n) is 7.26. The van der Waals surface area contributed by atoms with Crippen LogP contribution in [0.4, 0.5) is 0 Å². The third-order valence-electron chi connectivity index (χ3n) is 3.31. The molecule has 0 amide bonds. The maximum absolute atomic E-state index is 11.8. The zero-order chi connectivity index (χ0) is 15.0. The molecule has 20 heavy (non-hydrogen) atoms. The van der Waals surface area contributed by atoms with Crippen molar-refractivity contribution in [2.45, 2.75) is 39.3 Å². The third kappa shape index (κ3) is 4.94. The highest BCUT2D eigenvalue weighted by atomic mass is 16.5. The number of carbonyl (C=O) groups excluding carboxylic acids is 1. The first kappa shape index (κ1) is 16.7. The minimum Gasteiger partial charge on any atom is -0.465 e. The van der Waals surface area contributed by atoms with Gasteiger partial charge in [-0.3, -0.25) is 9.69 Å². The van der Waals surface area contributed by atoms with Crippen molar-refractivity contribution in [2.75, 3.05) is 19.7 Å². The summed E-state index contributed by atoms with van der Waals surface area (Å²) in [5.74, 6) is -0.181. The van der Waals surface area contributed by atoms with Gasteiger partial charge >= 0.3 is 5.97 Å². The van der Waals surface area contributed by atoms with Gasteiger partial charge in [-0.25, -0.2) is 0 Å². The number of hydrogen-bond acceptors (Lipinski definition) is 4. The fourth-order valence-electron chi connectivity index (χ4n) is 2.37. The van der Waals surface area contributed by atoms with E-state index in [1.54, 1.807) is 0 Å². The maximum atomic E-state index is 11.8. The number of ether oxygens (including phenoxy) is 1. The number of hydrogen-bond donors (Lipinski definition) is 1. The van der Waals surface area contributed by atoms with Crippen molar-refractivity contribution >= 4 is 5.97 Å². The second-order valence-corrected chi connectivity index (χ2v) is 5.07. The smallest absolute Gasteiger partial charge is 0.320 e. The normalized spacial score (nSPS) is 12.7. The van der Waals surface area contributed by atoms with Gasteiger partial charge in [0.05, 0.1) is 13.2 Å². The van der Waals surface area contributed by atoms with E-state index in [2.05, 4.69) is 30.9 Å². The van der Waals surface area contributed by atoms with E-state index in [0.29, 0.717) is 19.7 Å². The lowest BCUT2D eigenvalue weighted by Gasteiger charge is -2.34. The first-order valence-corrected chi connectivity index (χ1v) is 7.26. The van der Waals surface area contributed by atoms with Gasteiger partial charge in [0.15, 0.2) is 0 Å². The molecule has 0 saturated carbocycles. The van der Waals surface area contributed by atoms with Crippen LogP contribution in [0.2, 0.25) is 0 Å². The Kier molecular flexibility index (Phi) is 7.26. The Morgan fingerprint density at radius 1 is 1.30 bits per heavy atom. The van der Waals surface area contributed by atoms with Crippen molar-refractivity contribution in [3.05, 3.63) is 35.9 Å². The van der Waals surface area contributed by atoms with Crippen LogP contribution in [-0.2, 0) is 9.53 Å². The minimum absolute atomic E-state index is 0.144. The van der Waals surface area contributed by atoms with E-state index < -0.39 is 0 Å². The predicted molar refractivity (Wildman–Crippen MR) is 81.3 cm³/mol. The average molecular weight is 278 g/mol. The van der Waals surface area contributed by atoms with Crippen LogP contribution < -0.4 is 5.73 Å². The Hall–Kier alpha value is -1.39. The van der Waals surface area contributed by atoms with Gasteiger partial charge in [0.25, 0.3) is 0 Å². The minimum atomic E-state index is -0.181. The van der Waals surface area contributed by atoms with Gasteiger partial charge < -0.3 is 10.5 Å². The third-order valence-corrected chi connectivity index (χ3v) is 3.31. The van der Waals surface area contributed by atoms with Crippen LogP contribution in [-0.4, -0.2) is 36.6 Å². The Bertz CT molecular complexity index is 393. The summed E-state index contributed by atoms with van der Waals surface area (Å²) < 4.78 is 5.07. The number of nitrogens with zero attached hydrogens (tertiary/aromatic N) is 1. The van der Waals surface area contributed by atoms with Crippen molar-refractivity contribution in [1.82, 2.24) is 4.90 Å². The quantitative estimate of drug-likeness (QED) is 0.742. The predicted octanol–water partition coefficient (Wildman–Crippen LogP) is 2.35. The van der Waals surface area contributed by atoms with Crippen LogP contribution in [0.3, 0.4) is 0 Å². The van der Waals surface area contributed by atoms with Gasteiger partial charge in [0.1, 0.15) is 0 Å². The zero-order valence-corrected chi connectivity index (χ0v) is 12.7. The standard InChI is InChI=1S/C16H26N2O2/c1-4-20-16(19)12-18(13(2)3)15(10-11-17)14-8-6-5-7-9-14/h5-9,13,15H,4,10-12,17H2,1-3H3. The number of nitrogens with two attached hydrogens (primary N) is 1. The summed E-state index contributed by atoms with van der Waals surface area (Å²) in [6, 6.07) is 10.6. The van der Waals surface area contributed by atoms with Gasteiger partial charge in [0.2, 0.25) is 0 Å². The maximum Gasteiger partial charge on any atom is 0.320 e. The van der Waals surface area contributed by atoms with Crippen LogP contribution >= 0.6 is 0 Å². The Balaban J connectivity index is 2.91. The Morgan fingerprint density at radius 3 is 2.45 bits per heavy atom. The highest BCUT2D eigenvalue weighted by Crippen LogP contribution is 2.25. The molecule has 1 aromatic carbocycles. The lowest BCUT2D eigenvalue weighted by atomic mass is 10.0. The highest BCUT2D eigenvalue weighted by molar-refractivity contribution is 5.71.